The van der Waals surface area contributed by atoms with Crippen LogP contribution in [0.3, 0.4) is 0 Å². The molecule has 0 radical (unpaired) electrons. The van der Waals surface area contributed by atoms with E-state index < -0.39 is 11.9 Å². The Balaban J connectivity index is 0.00000529. The molecule has 1 amide bonds. The number of halogens is 4. The number of alkyl halides is 3. The minimum Gasteiger partial charge on any atom is -0.406 e. The van der Waals surface area contributed by atoms with Gasteiger partial charge in [-0.15, -0.1) is 25.6 Å². The molecule has 1 aromatic carbocycles. The van der Waals surface area contributed by atoms with Gasteiger partial charge in [0.1, 0.15) is 5.75 Å². The van der Waals surface area contributed by atoms with Crippen molar-refractivity contribution in [1.82, 2.24) is 5.32 Å². The van der Waals surface area contributed by atoms with Crippen LogP contribution < -0.4 is 15.8 Å². The van der Waals surface area contributed by atoms with E-state index in [1.54, 1.807) is 0 Å². The molecule has 0 aliphatic carbocycles. The van der Waals surface area contributed by atoms with Gasteiger partial charge in [-0.05, 0) is 37.0 Å². The summed E-state index contributed by atoms with van der Waals surface area (Å²) in [6.07, 6.45) is -2.47. The quantitative estimate of drug-likeness (QED) is 0.737. The number of nitrogens with two attached hydrogens (primary N) is 1. The van der Waals surface area contributed by atoms with Gasteiger partial charge in [-0.25, -0.2) is 0 Å². The first-order valence-corrected chi connectivity index (χ1v) is 7.57. The van der Waals surface area contributed by atoms with Crippen molar-refractivity contribution in [1.29, 1.82) is 0 Å². The molecule has 0 aliphatic heterocycles. The molecule has 24 heavy (non-hydrogen) atoms. The van der Waals surface area contributed by atoms with E-state index in [-0.39, 0.29) is 30.5 Å². The summed E-state index contributed by atoms with van der Waals surface area (Å²) >= 11 is 0. The highest BCUT2D eigenvalue weighted by atomic mass is 35.5. The molecule has 0 saturated carbocycles. The molecule has 0 heterocycles. The SMILES string of the molecule is CCC(N)(CC)CNC(=O)CCc1ccc(OC(F)(F)F)cc1.Cl. The summed E-state index contributed by atoms with van der Waals surface area (Å²) in [7, 11) is 0. The van der Waals surface area contributed by atoms with Crippen LogP contribution in [0.1, 0.15) is 38.7 Å². The largest absolute Gasteiger partial charge is 0.573 e. The number of aryl methyl sites for hydroxylation is 1. The topological polar surface area (TPSA) is 64.3 Å². The number of carbonyl (C=O) groups excluding carboxylic acids is 1. The Labute approximate surface area is 146 Å². The third-order valence-electron chi connectivity index (χ3n) is 3.84. The van der Waals surface area contributed by atoms with Crippen molar-refractivity contribution in [2.24, 2.45) is 5.73 Å². The van der Waals surface area contributed by atoms with Gasteiger partial charge < -0.3 is 15.8 Å². The molecule has 0 fully saturated rings. The van der Waals surface area contributed by atoms with E-state index in [0.29, 0.717) is 13.0 Å². The fourth-order valence-electron chi connectivity index (χ4n) is 1.98. The number of ether oxygens (including phenoxy) is 1. The van der Waals surface area contributed by atoms with Crippen LogP contribution in [0.25, 0.3) is 0 Å². The lowest BCUT2D eigenvalue weighted by molar-refractivity contribution is -0.274. The standard InChI is InChI=1S/C16H23F3N2O2.ClH/c1-3-15(20,4-2)11-21-14(22)10-7-12-5-8-13(9-6-12)23-16(17,18)19;/h5-6,8-9H,3-4,7,10-11,20H2,1-2H3,(H,21,22);1H. The Kier molecular flexibility index (Phi) is 9.14. The van der Waals surface area contributed by atoms with E-state index in [1.165, 1.54) is 24.3 Å². The molecule has 138 valence electrons. The van der Waals surface area contributed by atoms with E-state index in [4.69, 9.17) is 5.73 Å². The van der Waals surface area contributed by atoms with Gasteiger partial charge in [0.15, 0.2) is 0 Å². The Morgan fingerprint density at radius 1 is 1.17 bits per heavy atom. The van der Waals surface area contributed by atoms with Crippen LogP contribution in [0.15, 0.2) is 24.3 Å². The minimum absolute atomic E-state index is 0. The molecule has 0 spiro atoms. The summed E-state index contributed by atoms with van der Waals surface area (Å²) in [5, 5.41) is 2.80. The maximum atomic E-state index is 12.0. The first-order valence-electron chi connectivity index (χ1n) is 7.57. The zero-order chi connectivity index (χ0) is 17.5. The van der Waals surface area contributed by atoms with Gasteiger partial charge >= 0.3 is 6.36 Å². The Hall–Kier alpha value is -1.47. The number of rotatable bonds is 8. The smallest absolute Gasteiger partial charge is 0.406 e. The minimum atomic E-state index is -4.70. The van der Waals surface area contributed by atoms with Gasteiger partial charge in [-0.2, -0.15) is 0 Å². The van der Waals surface area contributed by atoms with Gasteiger partial charge in [0.05, 0.1) is 0 Å². The summed E-state index contributed by atoms with van der Waals surface area (Å²) in [6.45, 7) is 4.36. The molecule has 1 rings (SSSR count). The lowest BCUT2D eigenvalue weighted by Crippen LogP contribution is -2.49. The van der Waals surface area contributed by atoms with E-state index in [1.807, 2.05) is 13.8 Å². The predicted molar refractivity (Wildman–Crippen MR) is 89.2 cm³/mol. The zero-order valence-corrected chi connectivity index (χ0v) is 14.6. The first-order chi connectivity index (χ1) is 10.7. The second kappa shape index (κ2) is 9.74. The van der Waals surface area contributed by atoms with Crippen LogP contribution in [0.2, 0.25) is 0 Å². The molecule has 0 aromatic heterocycles. The summed E-state index contributed by atoms with van der Waals surface area (Å²) in [5.41, 5.74) is 6.47. The molecular weight excluding hydrogens is 345 g/mol. The molecule has 0 unspecified atom stereocenters. The maximum absolute atomic E-state index is 12.0. The third-order valence-corrected chi connectivity index (χ3v) is 3.84. The normalized spacial score (nSPS) is 11.6. The van der Waals surface area contributed by atoms with Crippen molar-refractivity contribution in [2.45, 2.75) is 51.4 Å². The van der Waals surface area contributed by atoms with Crippen LogP contribution in [0.4, 0.5) is 13.2 Å². The van der Waals surface area contributed by atoms with Crippen molar-refractivity contribution in [3.8, 4) is 5.75 Å². The summed E-state index contributed by atoms with van der Waals surface area (Å²) < 4.78 is 39.9. The van der Waals surface area contributed by atoms with Gasteiger partial charge in [-0.1, -0.05) is 26.0 Å². The molecule has 0 atom stereocenters. The average Bonchev–Trinajstić information content (AvgIpc) is 2.50. The van der Waals surface area contributed by atoms with Crippen LogP contribution in [-0.2, 0) is 11.2 Å². The van der Waals surface area contributed by atoms with Crippen molar-refractivity contribution >= 4 is 18.3 Å². The van der Waals surface area contributed by atoms with Crippen LogP contribution >= 0.6 is 12.4 Å². The third kappa shape index (κ3) is 8.40. The highest BCUT2D eigenvalue weighted by Gasteiger charge is 2.30. The Bertz CT molecular complexity index is 503. The first kappa shape index (κ1) is 22.5. The number of hydrogen-bond acceptors (Lipinski definition) is 3. The lowest BCUT2D eigenvalue weighted by atomic mass is 9.94. The molecule has 8 heteroatoms. The molecule has 4 nitrogen and oxygen atoms in total. The molecule has 3 N–H and O–H groups in total. The van der Waals surface area contributed by atoms with E-state index in [0.717, 1.165) is 18.4 Å². The fourth-order valence-corrected chi connectivity index (χ4v) is 1.98. The second-order valence-electron chi connectivity index (χ2n) is 5.54. The summed E-state index contributed by atoms with van der Waals surface area (Å²) in [5.74, 6) is -0.401. The van der Waals surface area contributed by atoms with Gasteiger partial charge in [0.2, 0.25) is 5.91 Å². The van der Waals surface area contributed by atoms with E-state index in [9.17, 15) is 18.0 Å². The van der Waals surface area contributed by atoms with Gasteiger partial charge in [0.25, 0.3) is 0 Å². The molecule has 0 saturated heterocycles. The highest BCUT2D eigenvalue weighted by Crippen LogP contribution is 2.23. The Morgan fingerprint density at radius 2 is 1.71 bits per heavy atom. The highest BCUT2D eigenvalue weighted by molar-refractivity contribution is 5.85. The lowest BCUT2D eigenvalue weighted by Gasteiger charge is -2.26. The van der Waals surface area contributed by atoms with E-state index >= 15 is 0 Å². The summed E-state index contributed by atoms with van der Waals surface area (Å²) in [4.78, 5) is 11.8. The van der Waals surface area contributed by atoms with Crippen molar-refractivity contribution in [3.63, 3.8) is 0 Å². The second-order valence-corrected chi connectivity index (χ2v) is 5.54. The maximum Gasteiger partial charge on any atom is 0.573 e. The summed E-state index contributed by atoms with van der Waals surface area (Å²) in [6, 6.07) is 5.50. The van der Waals surface area contributed by atoms with Crippen molar-refractivity contribution < 1.29 is 22.7 Å². The monoisotopic (exact) mass is 368 g/mol. The fraction of sp³-hybridized carbons (Fsp3) is 0.562. The van der Waals surface area contributed by atoms with Gasteiger partial charge in [0, 0.05) is 18.5 Å². The number of benzene rings is 1. The predicted octanol–water partition coefficient (Wildman–Crippen LogP) is 3.57. The van der Waals surface area contributed by atoms with E-state index in [2.05, 4.69) is 10.1 Å². The number of hydrogen-bond donors (Lipinski definition) is 2. The molecule has 1 aromatic rings. The average molecular weight is 369 g/mol. The van der Waals surface area contributed by atoms with Crippen LogP contribution in [-0.4, -0.2) is 24.4 Å². The van der Waals surface area contributed by atoms with Crippen molar-refractivity contribution in [2.75, 3.05) is 6.54 Å². The zero-order valence-electron chi connectivity index (χ0n) is 13.8. The van der Waals surface area contributed by atoms with Gasteiger partial charge in [-0.3, -0.25) is 4.79 Å². The molecule has 0 bridgehead atoms. The molecular formula is C16H24ClF3N2O2. The Morgan fingerprint density at radius 3 is 2.17 bits per heavy atom. The molecule has 0 aliphatic rings. The number of carbonyl (C=O) groups is 1. The van der Waals surface area contributed by atoms with Crippen LogP contribution in [0.5, 0.6) is 5.75 Å². The number of nitrogens with one attached hydrogen (secondary N) is 1. The van der Waals surface area contributed by atoms with Crippen LogP contribution in [0, 0.1) is 0 Å². The number of amides is 1. The van der Waals surface area contributed by atoms with Crippen molar-refractivity contribution in [3.05, 3.63) is 29.8 Å².